The van der Waals surface area contributed by atoms with Gasteiger partial charge in [0.05, 0.1) is 0 Å². The average Bonchev–Trinajstić information content (AvgIpc) is 2.90. The Bertz CT molecular complexity index is 352. The van der Waals surface area contributed by atoms with Gasteiger partial charge in [0.2, 0.25) is 5.91 Å². The lowest BCUT2D eigenvalue weighted by molar-refractivity contribution is -0.140. The molecular weight excluding hydrogens is 248 g/mol. The number of carbonyl (C=O) groups excluding carboxylic acids is 1. The zero-order chi connectivity index (χ0) is 14.2. The van der Waals surface area contributed by atoms with Crippen molar-refractivity contribution >= 4 is 5.91 Å². The molecular formula is C17H30N2O. The number of nitrogens with two attached hydrogens (primary N) is 1. The van der Waals surface area contributed by atoms with Crippen molar-refractivity contribution in [3.05, 3.63) is 0 Å². The Morgan fingerprint density at radius 3 is 2.40 bits per heavy atom. The van der Waals surface area contributed by atoms with Crippen molar-refractivity contribution in [1.82, 2.24) is 4.90 Å². The van der Waals surface area contributed by atoms with Gasteiger partial charge in [-0.25, -0.2) is 0 Å². The van der Waals surface area contributed by atoms with E-state index >= 15 is 0 Å². The first kappa shape index (κ1) is 14.4. The molecule has 0 bridgehead atoms. The van der Waals surface area contributed by atoms with Crippen molar-refractivity contribution < 1.29 is 4.79 Å². The summed E-state index contributed by atoms with van der Waals surface area (Å²) in [6.45, 7) is 4.23. The molecule has 1 saturated heterocycles. The standard InChI is InChI=1S/C17H30N2O/c1-13-4-5-14(18)12-15(13)16(20)19-10-8-17(9-11-19)6-2-3-7-17/h13-15H,2-12,18H2,1H3. The molecule has 3 rings (SSSR count). The van der Waals surface area contributed by atoms with Crippen LogP contribution in [-0.2, 0) is 4.79 Å². The van der Waals surface area contributed by atoms with Crippen molar-refractivity contribution in [3.8, 4) is 0 Å². The van der Waals surface area contributed by atoms with Gasteiger partial charge in [0.1, 0.15) is 0 Å². The van der Waals surface area contributed by atoms with E-state index in [-0.39, 0.29) is 12.0 Å². The summed E-state index contributed by atoms with van der Waals surface area (Å²) in [6.07, 6.45) is 11.2. The molecule has 0 radical (unpaired) electrons. The fraction of sp³-hybridized carbons (Fsp3) is 0.941. The van der Waals surface area contributed by atoms with Crippen LogP contribution >= 0.6 is 0 Å². The van der Waals surface area contributed by atoms with Crippen LogP contribution in [0.1, 0.15) is 64.7 Å². The summed E-state index contributed by atoms with van der Waals surface area (Å²) in [5.74, 6) is 1.11. The third kappa shape index (κ3) is 2.74. The van der Waals surface area contributed by atoms with Crippen LogP contribution in [0.4, 0.5) is 0 Å². The van der Waals surface area contributed by atoms with E-state index in [2.05, 4.69) is 11.8 Å². The topological polar surface area (TPSA) is 46.3 Å². The van der Waals surface area contributed by atoms with E-state index in [0.29, 0.717) is 17.2 Å². The molecule has 1 heterocycles. The van der Waals surface area contributed by atoms with Crippen LogP contribution in [0.3, 0.4) is 0 Å². The van der Waals surface area contributed by atoms with E-state index in [4.69, 9.17) is 5.73 Å². The molecule has 1 aliphatic heterocycles. The van der Waals surface area contributed by atoms with E-state index in [0.717, 1.165) is 32.4 Å². The summed E-state index contributed by atoms with van der Waals surface area (Å²) in [4.78, 5) is 14.9. The molecule has 3 atom stereocenters. The highest BCUT2D eigenvalue weighted by atomic mass is 16.2. The van der Waals surface area contributed by atoms with Crippen molar-refractivity contribution in [3.63, 3.8) is 0 Å². The monoisotopic (exact) mass is 278 g/mol. The lowest BCUT2D eigenvalue weighted by Gasteiger charge is -2.42. The van der Waals surface area contributed by atoms with Gasteiger partial charge in [-0.15, -0.1) is 0 Å². The van der Waals surface area contributed by atoms with Crippen LogP contribution in [0.5, 0.6) is 0 Å². The lowest BCUT2D eigenvalue weighted by atomic mass is 9.75. The normalized spacial score (nSPS) is 37.3. The lowest BCUT2D eigenvalue weighted by Crippen LogP contribution is -2.48. The highest BCUT2D eigenvalue weighted by Gasteiger charge is 2.40. The number of amides is 1. The summed E-state index contributed by atoms with van der Waals surface area (Å²) < 4.78 is 0. The largest absolute Gasteiger partial charge is 0.342 e. The molecule has 3 heteroatoms. The first-order valence-corrected chi connectivity index (χ1v) is 8.64. The van der Waals surface area contributed by atoms with Gasteiger partial charge >= 0.3 is 0 Å². The molecule has 2 aliphatic carbocycles. The van der Waals surface area contributed by atoms with Gasteiger partial charge < -0.3 is 10.6 Å². The summed E-state index contributed by atoms with van der Waals surface area (Å²) in [5, 5.41) is 0. The van der Waals surface area contributed by atoms with Gasteiger partial charge in [0.25, 0.3) is 0 Å². The molecule has 0 aromatic heterocycles. The Hall–Kier alpha value is -0.570. The molecule has 2 saturated carbocycles. The van der Waals surface area contributed by atoms with Crippen LogP contribution in [0, 0.1) is 17.3 Å². The highest BCUT2D eigenvalue weighted by Crippen LogP contribution is 2.46. The zero-order valence-corrected chi connectivity index (χ0v) is 12.9. The van der Waals surface area contributed by atoms with E-state index in [9.17, 15) is 4.79 Å². The van der Waals surface area contributed by atoms with E-state index in [1.807, 2.05) is 0 Å². The van der Waals surface area contributed by atoms with Crippen molar-refractivity contribution in [2.24, 2.45) is 23.0 Å². The van der Waals surface area contributed by atoms with Crippen LogP contribution in [0.15, 0.2) is 0 Å². The molecule has 2 N–H and O–H groups in total. The predicted molar refractivity (Wildman–Crippen MR) is 81.2 cm³/mol. The smallest absolute Gasteiger partial charge is 0.226 e. The third-order valence-electron chi connectivity index (χ3n) is 6.35. The Morgan fingerprint density at radius 2 is 1.75 bits per heavy atom. The second-order valence-electron chi connectivity index (χ2n) is 7.69. The second-order valence-corrected chi connectivity index (χ2v) is 7.69. The molecule has 0 aromatic rings. The first-order chi connectivity index (χ1) is 9.60. The highest BCUT2D eigenvalue weighted by molar-refractivity contribution is 5.79. The molecule has 3 unspecified atom stereocenters. The van der Waals surface area contributed by atoms with Gasteiger partial charge in [0.15, 0.2) is 0 Å². The number of hydrogen-bond acceptors (Lipinski definition) is 2. The number of piperidine rings is 1. The summed E-state index contributed by atoms with van der Waals surface area (Å²) in [5.41, 5.74) is 6.68. The maximum atomic E-state index is 12.8. The number of carbonyl (C=O) groups is 1. The SMILES string of the molecule is CC1CCC(N)CC1C(=O)N1CCC2(CCCC2)CC1. The Morgan fingerprint density at radius 1 is 1.10 bits per heavy atom. The Labute approximate surface area is 123 Å². The first-order valence-electron chi connectivity index (χ1n) is 8.64. The molecule has 1 amide bonds. The summed E-state index contributed by atoms with van der Waals surface area (Å²) in [6, 6.07) is 0.242. The fourth-order valence-electron chi connectivity index (χ4n) is 4.76. The molecule has 20 heavy (non-hydrogen) atoms. The van der Waals surface area contributed by atoms with Crippen LogP contribution in [-0.4, -0.2) is 29.9 Å². The zero-order valence-electron chi connectivity index (χ0n) is 12.9. The van der Waals surface area contributed by atoms with Crippen molar-refractivity contribution in [2.45, 2.75) is 70.8 Å². The second kappa shape index (κ2) is 5.67. The quantitative estimate of drug-likeness (QED) is 0.801. The molecule has 3 nitrogen and oxygen atoms in total. The number of rotatable bonds is 1. The van der Waals surface area contributed by atoms with E-state index < -0.39 is 0 Å². The van der Waals surface area contributed by atoms with E-state index in [1.165, 1.54) is 38.5 Å². The van der Waals surface area contributed by atoms with Crippen LogP contribution in [0.2, 0.25) is 0 Å². The molecule has 3 fully saturated rings. The molecule has 3 aliphatic rings. The van der Waals surface area contributed by atoms with Crippen molar-refractivity contribution in [2.75, 3.05) is 13.1 Å². The molecule has 0 aromatic carbocycles. The van der Waals surface area contributed by atoms with Gasteiger partial charge in [0, 0.05) is 25.0 Å². The van der Waals surface area contributed by atoms with Crippen LogP contribution < -0.4 is 5.73 Å². The van der Waals surface area contributed by atoms with Gasteiger partial charge in [-0.05, 0) is 56.3 Å². The maximum absolute atomic E-state index is 12.8. The maximum Gasteiger partial charge on any atom is 0.226 e. The summed E-state index contributed by atoms with van der Waals surface area (Å²) >= 11 is 0. The van der Waals surface area contributed by atoms with Crippen LogP contribution in [0.25, 0.3) is 0 Å². The molecule has 114 valence electrons. The minimum atomic E-state index is 0.191. The summed E-state index contributed by atoms with van der Waals surface area (Å²) in [7, 11) is 0. The van der Waals surface area contributed by atoms with Crippen molar-refractivity contribution in [1.29, 1.82) is 0 Å². The van der Waals surface area contributed by atoms with Gasteiger partial charge in [-0.3, -0.25) is 4.79 Å². The fourth-order valence-corrected chi connectivity index (χ4v) is 4.76. The molecule has 1 spiro atoms. The van der Waals surface area contributed by atoms with Gasteiger partial charge in [-0.2, -0.15) is 0 Å². The average molecular weight is 278 g/mol. The number of likely N-dealkylation sites (tertiary alicyclic amines) is 1. The van der Waals surface area contributed by atoms with E-state index in [1.54, 1.807) is 0 Å². The minimum absolute atomic E-state index is 0.191. The Balaban J connectivity index is 1.58. The van der Waals surface area contributed by atoms with Gasteiger partial charge in [-0.1, -0.05) is 19.8 Å². The minimum Gasteiger partial charge on any atom is -0.342 e. The third-order valence-corrected chi connectivity index (χ3v) is 6.35. The number of hydrogen-bond donors (Lipinski definition) is 1. The Kier molecular flexibility index (Phi) is 4.07. The number of nitrogens with zero attached hydrogens (tertiary/aromatic N) is 1. The predicted octanol–water partition coefficient (Wildman–Crippen LogP) is 2.93.